The number of fused-ring (bicyclic) bond motifs is 1. The first-order valence-corrected chi connectivity index (χ1v) is 12.9. The monoisotopic (exact) mass is 529 g/mol. The molecule has 0 saturated carbocycles. The van der Waals surface area contributed by atoms with Crippen molar-refractivity contribution in [1.29, 1.82) is 0 Å². The maximum absolute atomic E-state index is 13.6. The molecule has 194 valence electrons. The highest BCUT2D eigenvalue weighted by atomic mass is 35.5. The number of rotatable bonds is 9. The normalized spacial score (nSPS) is 16.1. The van der Waals surface area contributed by atoms with Gasteiger partial charge in [-0.1, -0.05) is 35.9 Å². The van der Waals surface area contributed by atoms with Gasteiger partial charge in [-0.25, -0.2) is 9.97 Å². The SMILES string of the molecule is CC(=O)/C=C/CN1CCCC(Nc2ncnc3[nH]cc(C(=O)c4ccc(Oc5ccccc5)cc4Cl)c23)C1. The number of benzene rings is 2. The van der Waals surface area contributed by atoms with Crippen molar-refractivity contribution >= 4 is 40.0 Å². The number of carbonyl (C=O) groups excluding carboxylic acids is 2. The first kappa shape index (κ1) is 25.6. The summed E-state index contributed by atoms with van der Waals surface area (Å²) in [5.74, 6) is 1.64. The molecule has 8 nitrogen and oxygen atoms in total. The molecule has 0 amide bonds. The Bertz CT molecular complexity index is 1480. The van der Waals surface area contributed by atoms with Crippen LogP contribution in [0.1, 0.15) is 35.7 Å². The number of aromatic nitrogens is 3. The van der Waals surface area contributed by atoms with Gasteiger partial charge in [-0.3, -0.25) is 14.5 Å². The molecule has 4 aromatic rings. The van der Waals surface area contributed by atoms with E-state index in [0.717, 1.165) is 25.9 Å². The van der Waals surface area contributed by atoms with Gasteiger partial charge in [0.05, 0.1) is 16.0 Å². The molecule has 0 radical (unpaired) electrons. The Balaban J connectivity index is 1.36. The summed E-state index contributed by atoms with van der Waals surface area (Å²) >= 11 is 6.54. The average Bonchev–Trinajstić information content (AvgIpc) is 3.34. The summed E-state index contributed by atoms with van der Waals surface area (Å²) in [6.45, 7) is 4.03. The van der Waals surface area contributed by atoms with Gasteiger partial charge in [0.1, 0.15) is 29.3 Å². The van der Waals surface area contributed by atoms with Crippen LogP contribution in [0.5, 0.6) is 11.5 Å². The number of nitrogens with one attached hydrogen (secondary N) is 2. The smallest absolute Gasteiger partial charge is 0.196 e. The van der Waals surface area contributed by atoms with Gasteiger partial charge < -0.3 is 15.0 Å². The Morgan fingerprint density at radius 3 is 2.79 bits per heavy atom. The highest BCUT2D eigenvalue weighted by Gasteiger charge is 2.24. The summed E-state index contributed by atoms with van der Waals surface area (Å²) in [5.41, 5.74) is 1.38. The minimum absolute atomic E-state index is 0.0446. The molecule has 1 unspecified atom stereocenters. The van der Waals surface area contributed by atoms with E-state index in [2.05, 4.69) is 25.2 Å². The maximum atomic E-state index is 13.6. The molecule has 0 spiro atoms. The van der Waals surface area contributed by atoms with E-state index < -0.39 is 0 Å². The van der Waals surface area contributed by atoms with Crippen molar-refractivity contribution in [2.45, 2.75) is 25.8 Å². The van der Waals surface area contributed by atoms with Crippen LogP contribution in [-0.4, -0.2) is 57.1 Å². The largest absolute Gasteiger partial charge is 0.457 e. The van der Waals surface area contributed by atoms with E-state index in [9.17, 15) is 9.59 Å². The number of para-hydroxylation sites is 1. The number of hydrogen-bond acceptors (Lipinski definition) is 7. The first-order valence-electron chi connectivity index (χ1n) is 12.5. The Labute approximate surface area is 225 Å². The number of allylic oxidation sites excluding steroid dienone is 1. The number of anilines is 1. The Hall–Kier alpha value is -4.01. The summed E-state index contributed by atoms with van der Waals surface area (Å²) < 4.78 is 5.85. The highest BCUT2D eigenvalue weighted by molar-refractivity contribution is 6.35. The third kappa shape index (κ3) is 5.93. The number of H-pyrrole nitrogens is 1. The second kappa shape index (κ2) is 11.6. The number of ether oxygens (including phenoxy) is 1. The fourth-order valence-corrected chi connectivity index (χ4v) is 4.92. The lowest BCUT2D eigenvalue weighted by Crippen LogP contribution is -2.42. The average molecular weight is 530 g/mol. The van der Waals surface area contributed by atoms with Crippen LogP contribution in [0, 0.1) is 0 Å². The third-order valence-corrected chi connectivity index (χ3v) is 6.75. The van der Waals surface area contributed by atoms with Crippen LogP contribution in [0.4, 0.5) is 5.82 Å². The van der Waals surface area contributed by atoms with E-state index in [1.165, 1.54) is 6.33 Å². The maximum Gasteiger partial charge on any atom is 0.196 e. The lowest BCUT2D eigenvalue weighted by molar-refractivity contribution is -0.112. The zero-order chi connectivity index (χ0) is 26.5. The van der Waals surface area contributed by atoms with Crippen LogP contribution < -0.4 is 10.1 Å². The minimum atomic E-state index is -0.231. The van der Waals surface area contributed by atoms with Crippen molar-refractivity contribution in [3.63, 3.8) is 0 Å². The fourth-order valence-electron chi connectivity index (χ4n) is 4.66. The molecular formula is C29H28ClN5O3. The molecular weight excluding hydrogens is 502 g/mol. The zero-order valence-corrected chi connectivity index (χ0v) is 21.7. The van der Waals surface area contributed by atoms with Crippen molar-refractivity contribution in [1.82, 2.24) is 19.9 Å². The third-order valence-electron chi connectivity index (χ3n) is 6.44. The van der Waals surface area contributed by atoms with Gasteiger partial charge >= 0.3 is 0 Å². The Kier molecular flexibility index (Phi) is 7.81. The molecule has 5 rings (SSSR count). The lowest BCUT2D eigenvalue weighted by atomic mass is 10.0. The number of halogens is 1. The van der Waals surface area contributed by atoms with E-state index in [0.29, 0.717) is 51.0 Å². The molecule has 2 aromatic heterocycles. The number of aromatic amines is 1. The van der Waals surface area contributed by atoms with Gasteiger partial charge in [0.15, 0.2) is 11.6 Å². The van der Waals surface area contributed by atoms with Crippen molar-refractivity contribution in [2.24, 2.45) is 0 Å². The van der Waals surface area contributed by atoms with Gasteiger partial charge in [-0.15, -0.1) is 0 Å². The van der Waals surface area contributed by atoms with Crippen molar-refractivity contribution in [3.8, 4) is 11.5 Å². The lowest BCUT2D eigenvalue weighted by Gasteiger charge is -2.32. The van der Waals surface area contributed by atoms with Gasteiger partial charge in [-0.2, -0.15) is 0 Å². The van der Waals surface area contributed by atoms with Crippen molar-refractivity contribution < 1.29 is 14.3 Å². The predicted molar refractivity (Wildman–Crippen MR) is 148 cm³/mol. The molecule has 1 atom stereocenters. The fraction of sp³-hybridized carbons (Fsp3) is 0.241. The molecule has 3 heterocycles. The number of hydrogen-bond donors (Lipinski definition) is 2. The van der Waals surface area contributed by atoms with Crippen LogP contribution in [0.15, 0.2) is 73.2 Å². The minimum Gasteiger partial charge on any atom is -0.457 e. The second-order valence-corrected chi connectivity index (χ2v) is 9.70. The van der Waals surface area contributed by atoms with E-state index in [-0.39, 0.29) is 17.6 Å². The summed E-state index contributed by atoms with van der Waals surface area (Å²) in [5, 5.41) is 4.46. The molecule has 1 fully saturated rings. The number of ketones is 2. The molecule has 1 aliphatic heterocycles. The van der Waals surface area contributed by atoms with Gasteiger partial charge in [0.2, 0.25) is 0 Å². The van der Waals surface area contributed by atoms with Gasteiger partial charge in [0.25, 0.3) is 0 Å². The van der Waals surface area contributed by atoms with E-state index in [4.69, 9.17) is 16.3 Å². The van der Waals surface area contributed by atoms with E-state index >= 15 is 0 Å². The summed E-state index contributed by atoms with van der Waals surface area (Å²) in [4.78, 5) is 39.0. The van der Waals surface area contributed by atoms with Gasteiger partial charge in [-0.05, 0) is 56.7 Å². The zero-order valence-electron chi connectivity index (χ0n) is 21.0. The Morgan fingerprint density at radius 1 is 1.16 bits per heavy atom. The molecule has 1 saturated heterocycles. The van der Waals surface area contributed by atoms with Crippen LogP contribution in [0.25, 0.3) is 11.0 Å². The number of carbonyl (C=O) groups is 2. The van der Waals surface area contributed by atoms with Crippen molar-refractivity contribution in [3.05, 3.63) is 89.4 Å². The van der Waals surface area contributed by atoms with Crippen LogP contribution >= 0.6 is 11.6 Å². The molecule has 2 aromatic carbocycles. The van der Waals surface area contributed by atoms with Crippen LogP contribution in [0.3, 0.4) is 0 Å². The topological polar surface area (TPSA) is 100 Å². The standard InChI is InChI=1S/C29H28ClN5O3/c1-19(36)7-5-13-35-14-6-8-20(17-35)34-29-26-24(16-31-28(26)32-18-33-29)27(37)23-12-11-22(15-25(23)30)38-21-9-3-2-4-10-21/h2-5,7,9-12,15-16,18,20H,6,8,13-14,17H2,1H3,(H2,31,32,33,34)/b7-5+. The first-order chi connectivity index (χ1) is 18.5. The molecule has 38 heavy (non-hydrogen) atoms. The summed E-state index contributed by atoms with van der Waals surface area (Å²) in [6, 6.07) is 14.6. The quantitative estimate of drug-likeness (QED) is 0.213. The van der Waals surface area contributed by atoms with Crippen LogP contribution in [0.2, 0.25) is 5.02 Å². The van der Waals surface area contributed by atoms with Crippen molar-refractivity contribution in [2.75, 3.05) is 25.0 Å². The number of piperidine rings is 1. The number of likely N-dealkylation sites (tertiary alicyclic amines) is 1. The molecule has 1 aliphatic rings. The van der Waals surface area contributed by atoms with E-state index in [1.54, 1.807) is 37.4 Å². The molecule has 0 aliphatic carbocycles. The molecule has 9 heteroatoms. The Morgan fingerprint density at radius 2 is 2.00 bits per heavy atom. The van der Waals surface area contributed by atoms with Gasteiger partial charge in [0, 0.05) is 37.0 Å². The molecule has 2 N–H and O–H groups in total. The van der Waals surface area contributed by atoms with Crippen LogP contribution in [-0.2, 0) is 4.79 Å². The molecule has 0 bridgehead atoms. The number of nitrogens with zero attached hydrogens (tertiary/aromatic N) is 3. The van der Waals surface area contributed by atoms with E-state index in [1.807, 2.05) is 36.4 Å². The highest BCUT2D eigenvalue weighted by Crippen LogP contribution is 2.31. The predicted octanol–water partition coefficient (Wildman–Crippen LogP) is 5.66. The summed E-state index contributed by atoms with van der Waals surface area (Å²) in [7, 11) is 0. The summed E-state index contributed by atoms with van der Waals surface area (Å²) in [6.07, 6.45) is 8.63. The second-order valence-electron chi connectivity index (χ2n) is 9.29.